The number of benzene rings is 1. The number of hydrogen-bond donors (Lipinski definition) is 2. The fourth-order valence-electron chi connectivity index (χ4n) is 4.41. The highest BCUT2D eigenvalue weighted by molar-refractivity contribution is 5.22. The molecule has 28 heavy (non-hydrogen) atoms. The summed E-state index contributed by atoms with van der Waals surface area (Å²) in [5.74, 6) is 0.378. The van der Waals surface area contributed by atoms with Crippen LogP contribution in [0.15, 0.2) is 36.4 Å². The van der Waals surface area contributed by atoms with Gasteiger partial charge in [-0.2, -0.15) is 5.26 Å². The SMILES string of the molecule is N#CCCCOC1C[C@H]2CC[C@@H](C=CC(O)COc3ccc(F)cc3)[C@]2(O)C1. The van der Waals surface area contributed by atoms with Crippen molar-refractivity contribution in [2.75, 3.05) is 13.2 Å². The lowest BCUT2D eigenvalue weighted by atomic mass is 9.86. The van der Waals surface area contributed by atoms with Gasteiger partial charge in [0.2, 0.25) is 0 Å². The average molecular weight is 389 g/mol. The molecule has 0 amide bonds. The van der Waals surface area contributed by atoms with Crippen molar-refractivity contribution in [2.45, 2.75) is 56.3 Å². The average Bonchev–Trinajstić information content (AvgIpc) is 3.16. The van der Waals surface area contributed by atoms with E-state index in [2.05, 4.69) is 6.07 Å². The Morgan fingerprint density at radius 2 is 2.11 bits per heavy atom. The highest BCUT2D eigenvalue weighted by Crippen LogP contribution is 2.52. The van der Waals surface area contributed by atoms with Crippen molar-refractivity contribution in [3.8, 4) is 11.8 Å². The second-order valence-corrected chi connectivity index (χ2v) is 7.78. The Balaban J connectivity index is 1.47. The Kier molecular flexibility index (Phi) is 7.06. The van der Waals surface area contributed by atoms with E-state index < -0.39 is 11.7 Å². The van der Waals surface area contributed by atoms with Gasteiger partial charge in [0.25, 0.3) is 0 Å². The van der Waals surface area contributed by atoms with E-state index in [0.717, 1.165) is 25.7 Å². The third-order valence-electron chi connectivity index (χ3n) is 5.86. The van der Waals surface area contributed by atoms with Crippen LogP contribution in [0.2, 0.25) is 0 Å². The molecule has 2 saturated carbocycles. The number of halogens is 1. The smallest absolute Gasteiger partial charge is 0.123 e. The summed E-state index contributed by atoms with van der Waals surface area (Å²) in [5.41, 5.74) is -0.784. The Hall–Kier alpha value is -1.94. The van der Waals surface area contributed by atoms with Crippen LogP contribution in [0.1, 0.15) is 38.5 Å². The number of unbranched alkanes of at least 4 members (excludes halogenated alkanes) is 1. The summed E-state index contributed by atoms with van der Waals surface area (Å²) in [5, 5.41) is 29.9. The van der Waals surface area contributed by atoms with Crippen molar-refractivity contribution >= 4 is 0 Å². The fourth-order valence-corrected chi connectivity index (χ4v) is 4.41. The third-order valence-corrected chi connectivity index (χ3v) is 5.86. The van der Waals surface area contributed by atoms with Crippen molar-refractivity contribution in [1.82, 2.24) is 0 Å². The van der Waals surface area contributed by atoms with Gasteiger partial charge in [-0.25, -0.2) is 4.39 Å². The van der Waals surface area contributed by atoms with Gasteiger partial charge in [0.15, 0.2) is 0 Å². The Morgan fingerprint density at radius 3 is 2.86 bits per heavy atom. The number of aliphatic hydroxyl groups is 2. The lowest BCUT2D eigenvalue weighted by Gasteiger charge is -2.28. The first kappa shape index (κ1) is 20.8. The minimum atomic E-state index is -0.799. The number of nitrogens with zero attached hydrogens (tertiary/aromatic N) is 1. The molecular formula is C22H28FNO4. The molecule has 6 heteroatoms. The molecule has 2 aliphatic carbocycles. The fraction of sp³-hybridized carbons (Fsp3) is 0.591. The first-order valence-corrected chi connectivity index (χ1v) is 9.97. The molecule has 2 N–H and O–H groups in total. The summed E-state index contributed by atoms with van der Waals surface area (Å²) in [6.07, 6.45) is 7.32. The number of aliphatic hydroxyl groups excluding tert-OH is 1. The van der Waals surface area contributed by atoms with Crippen molar-refractivity contribution in [2.24, 2.45) is 11.8 Å². The maximum atomic E-state index is 12.9. The quantitative estimate of drug-likeness (QED) is 0.500. The molecule has 0 saturated heterocycles. The molecule has 0 bridgehead atoms. The summed E-state index contributed by atoms with van der Waals surface area (Å²) < 4.78 is 24.2. The minimum absolute atomic E-state index is 0.00863. The molecule has 1 aromatic rings. The lowest BCUT2D eigenvalue weighted by Crippen LogP contribution is -2.35. The van der Waals surface area contributed by atoms with Gasteiger partial charge < -0.3 is 19.7 Å². The molecule has 5 atom stereocenters. The van der Waals surface area contributed by atoms with Crippen LogP contribution in [0, 0.1) is 29.0 Å². The van der Waals surface area contributed by atoms with Crippen LogP contribution >= 0.6 is 0 Å². The van der Waals surface area contributed by atoms with Crippen molar-refractivity contribution in [1.29, 1.82) is 5.26 Å². The number of ether oxygens (including phenoxy) is 2. The maximum Gasteiger partial charge on any atom is 0.123 e. The standard InChI is InChI=1S/C22H28FNO4/c23-18-6-9-20(10-7-18)28-15-19(25)8-5-16-3-4-17-13-21(14-22(16,17)26)27-12-2-1-11-24/h5-10,16-17,19,21,25-26H,1-4,12-15H2/t16-,17+,19?,21?,22+/m0/s1. The number of fused-ring (bicyclic) bond motifs is 1. The number of rotatable bonds is 9. The summed E-state index contributed by atoms with van der Waals surface area (Å²) in [4.78, 5) is 0. The monoisotopic (exact) mass is 389 g/mol. The van der Waals surface area contributed by atoms with Gasteiger partial charge in [-0.05, 0) is 55.9 Å². The van der Waals surface area contributed by atoms with Crippen LogP contribution in [0.4, 0.5) is 4.39 Å². The molecule has 2 fully saturated rings. The summed E-state index contributed by atoms with van der Waals surface area (Å²) in [6.45, 7) is 0.627. The zero-order valence-corrected chi connectivity index (χ0v) is 16.0. The molecule has 5 nitrogen and oxygen atoms in total. The molecule has 0 heterocycles. The first-order chi connectivity index (χ1) is 13.5. The molecule has 0 aliphatic heterocycles. The molecule has 0 aromatic heterocycles. The molecule has 3 rings (SSSR count). The normalized spacial score (nSPS) is 30.3. The molecule has 1 aromatic carbocycles. The summed E-state index contributed by atoms with van der Waals surface area (Å²) in [7, 11) is 0. The highest BCUT2D eigenvalue weighted by Gasteiger charge is 2.54. The topological polar surface area (TPSA) is 82.7 Å². The van der Waals surface area contributed by atoms with Crippen molar-refractivity contribution in [3.05, 3.63) is 42.2 Å². The molecule has 0 radical (unpaired) electrons. The Bertz CT molecular complexity index is 701. The number of hydrogen-bond acceptors (Lipinski definition) is 5. The second kappa shape index (κ2) is 9.51. The van der Waals surface area contributed by atoms with Gasteiger partial charge in [-0.3, -0.25) is 0 Å². The van der Waals surface area contributed by atoms with E-state index in [0.29, 0.717) is 25.2 Å². The van der Waals surface area contributed by atoms with Gasteiger partial charge in [0.1, 0.15) is 24.3 Å². The second-order valence-electron chi connectivity index (χ2n) is 7.78. The van der Waals surface area contributed by atoms with Gasteiger partial charge in [0, 0.05) is 25.4 Å². The minimum Gasteiger partial charge on any atom is -0.491 e. The van der Waals surface area contributed by atoms with Crippen molar-refractivity contribution < 1.29 is 24.1 Å². The van der Waals surface area contributed by atoms with Gasteiger partial charge in [-0.1, -0.05) is 12.2 Å². The van der Waals surface area contributed by atoms with E-state index in [1.54, 1.807) is 6.08 Å². The van der Waals surface area contributed by atoms with Crippen LogP contribution in [0.25, 0.3) is 0 Å². The van der Waals surface area contributed by atoms with E-state index in [-0.39, 0.29) is 30.4 Å². The van der Waals surface area contributed by atoms with Crippen LogP contribution < -0.4 is 4.74 Å². The highest BCUT2D eigenvalue weighted by atomic mass is 19.1. The van der Waals surface area contributed by atoms with Gasteiger partial charge >= 0.3 is 0 Å². The Morgan fingerprint density at radius 1 is 1.32 bits per heavy atom. The predicted molar refractivity (Wildman–Crippen MR) is 102 cm³/mol. The molecule has 152 valence electrons. The lowest BCUT2D eigenvalue weighted by molar-refractivity contribution is -0.0212. The third kappa shape index (κ3) is 5.11. The first-order valence-electron chi connectivity index (χ1n) is 9.97. The molecule has 2 unspecified atom stereocenters. The zero-order valence-electron chi connectivity index (χ0n) is 16.0. The largest absolute Gasteiger partial charge is 0.491 e. The molecule has 2 aliphatic rings. The van der Waals surface area contributed by atoms with Crippen LogP contribution in [-0.2, 0) is 4.74 Å². The van der Waals surface area contributed by atoms with E-state index >= 15 is 0 Å². The van der Waals surface area contributed by atoms with Crippen LogP contribution in [0.5, 0.6) is 5.75 Å². The summed E-state index contributed by atoms with van der Waals surface area (Å²) in [6, 6.07) is 7.77. The van der Waals surface area contributed by atoms with E-state index in [4.69, 9.17) is 14.7 Å². The number of nitriles is 1. The van der Waals surface area contributed by atoms with Gasteiger partial charge in [-0.15, -0.1) is 0 Å². The van der Waals surface area contributed by atoms with E-state index in [9.17, 15) is 14.6 Å². The van der Waals surface area contributed by atoms with Crippen molar-refractivity contribution in [3.63, 3.8) is 0 Å². The van der Waals surface area contributed by atoms with Crippen LogP contribution in [-0.4, -0.2) is 41.2 Å². The molecular weight excluding hydrogens is 361 g/mol. The van der Waals surface area contributed by atoms with Gasteiger partial charge in [0.05, 0.1) is 17.8 Å². The molecule has 0 spiro atoms. The predicted octanol–water partition coefficient (Wildman–Crippen LogP) is 3.36. The van der Waals surface area contributed by atoms with Crippen LogP contribution in [0.3, 0.4) is 0 Å². The maximum absolute atomic E-state index is 12.9. The zero-order chi connectivity index (χ0) is 20.0. The van der Waals surface area contributed by atoms with E-state index in [1.807, 2.05) is 6.08 Å². The summed E-state index contributed by atoms with van der Waals surface area (Å²) >= 11 is 0. The van der Waals surface area contributed by atoms with E-state index in [1.165, 1.54) is 24.3 Å². The Labute approximate surface area is 165 Å².